The zero-order chi connectivity index (χ0) is 23.0. The Balaban J connectivity index is 1.64. The summed E-state index contributed by atoms with van der Waals surface area (Å²) in [5.41, 5.74) is 2.98. The fourth-order valence-corrected chi connectivity index (χ4v) is 3.75. The molecule has 9 heteroatoms. The molecule has 32 heavy (non-hydrogen) atoms. The highest BCUT2D eigenvalue weighted by Gasteiger charge is 2.22. The van der Waals surface area contributed by atoms with Crippen molar-refractivity contribution in [1.82, 2.24) is 9.78 Å². The standard InChI is InChI=1S/C23H20N4O5/c1-13-10-21(28)32-20-11-17(8-9-18(13)20)24-23(29)19-7-5-4-6-16(19)12-26-15(3)22(27(30)31)14(2)25-26/h4-11H,12H2,1-3H3,(H,24,29). The van der Waals surface area contributed by atoms with E-state index in [0.717, 1.165) is 10.9 Å². The minimum atomic E-state index is -0.456. The molecule has 9 nitrogen and oxygen atoms in total. The minimum absolute atomic E-state index is 0.0279. The van der Waals surface area contributed by atoms with Crippen LogP contribution in [0.5, 0.6) is 0 Å². The van der Waals surface area contributed by atoms with E-state index in [9.17, 15) is 19.7 Å². The number of nitrogens with zero attached hydrogens (tertiary/aromatic N) is 3. The molecule has 0 aliphatic carbocycles. The van der Waals surface area contributed by atoms with Gasteiger partial charge in [-0.1, -0.05) is 18.2 Å². The number of benzene rings is 2. The Labute approximate surface area is 182 Å². The summed E-state index contributed by atoms with van der Waals surface area (Å²) in [4.78, 5) is 35.5. The van der Waals surface area contributed by atoms with Crippen molar-refractivity contribution in [2.75, 3.05) is 5.32 Å². The van der Waals surface area contributed by atoms with Gasteiger partial charge in [0.25, 0.3) is 5.91 Å². The van der Waals surface area contributed by atoms with E-state index in [4.69, 9.17) is 4.42 Å². The van der Waals surface area contributed by atoms with Gasteiger partial charge in [0.05, 0.1) is 11.5 Å². The molecule has 0 saturated carbocycles. The molecule has 2 aromatic carbocycles. The normalized spacial score (nSPS) is 11.0. The lowest BCUT2D eigenvalue weighted by molar-refractivity contribution is -0.386. The summed E-state index contributed by atoms with van der Waals surface area (Å²) in [6.45, 7) is 5.23. The Morgan fingerprint density at radius 2 is 1.91 bits per heavy atom. The number of aromatic nitrogens is 2. The first-order valence-corrected chi connectivity index (χ1v) is 9.86. The van der Waals surface area contributed by atoms with Gasteiger partial charge in [0.15, 0.2) is 0 Å². The zero-order valence-electron chi connectivity index (χ0n) is 17.7. The van der Waals surface area contributed by atoms with Crippen LogP contribution in [0.3, 0.4) is 0 Å². The number of amides is 1. The lowest BCUT2D eigenvalue weighted by atomic mass is 10.1. The molecule has 0 fully saturated rings. The van der Waals surface area contributed by atoms with Gasteiger partial charge in [0.2, 0.25) is 0 Å². The average molecular weight is 432 g/mol. The number of hydrogen-bond acceptors (Lipinski definition) is 6. The van der Waals surface area contributed by atoms with Crippen LogP contribution in [-0.2, 0) is 6.54 Å². The monoisotopic (exact) mass is 432 g/mol. The van der Waals surface area contributed by atoms with E-state index in [1.807, 2.05) is 6.92 Å². The van der Waals surface area contributed by atoms with Crippen LogP contribution in [0.4, 0.5) is 11.4 Å². The maximum Gasteiger partial charge on any atom is 0.336 e. The number of anilines is 1. The van der Waals surface area contributed by atoms with Crippen LogP contribution in [0.2, 0.25) is 0 Å². The Bertz CT molecular complexity index is 1430. The zero-order valence-corrected chi connectivity index (χ0v) is 17.7. The highest BCUT2D eigenvalue weighted by Crippen LogP contribution is 2.24. The number of nitrogens with one attached hydrogen (secondary N) is 1. The Kier molecular flexibility index (Phi) is 5.31. The van der Waals surface area contributed by atoms with E-state index in [1.165, 1.54) is 10.7 Å². The molecule has 162 valence electrons. The van der Waals surface area contributed by atoms with Crippen molar-refractivity contribution < 1.29 is 14.1 Å². The van der Waals surface area contributed by atoms with Crippen LogP contribution in [0.1, 0.15) is 32.9 Å². The molecule has 2 aromatic heterocycles. The first-order chi connectivity index (χ1) is 15.2. The van der Waals surface area contributed by atoms with E-state index in [1.54, 1.807) is 56.3 Å². The van der Waals surface area contributed by atoms with E-state index in [-0.39, 0.29) is 18.1 Å². The molecule has 2 heterocycles. The minimum Gasteiger partial charge on any atom is -0.423 e. The quantitative estimate of drug-likeness (QED) is 0.288. The number of hydrogen-bond donors (Lipinski definition) is 1. The van der Waals surface area contributed by atoms with Gasteiger partial charge in [-0.15, -0.1) is 0 Å². The number of carbonyl (C=O) groups is 1. The number of nitro groups is 1. The van der Waals surface area contributed by atoms with Crippen molar-refractivity contribution in [3.63, 3.8) is 0 Å². The number of carbonyl (C=O) groups excluding carboxylic acids is 1. The van der Waals surface area contributed by atoms with Gasteiger partial charge in [-0.2, -0.15) is 5.10 Å². The second-order valence-corrected chi connectivity index (χ2v) is 7.50. The molecule has 0 spiro atoms. The van der Waals surface area contributed by atoms with Gasteiger partial charge in [-0.05, 0) is 50.1 Å². The summed E-state index contributed by atoms with van der Waals surface area (Å²) in [5, 5.41) is 19.2. The number of fused-ring (bicyclic) bond motifs is 1. The summed E-state index contributed by atoms with van der Waals surface area (Å²) < 4.78 is 6.77. The van der Waals surface area contributed by atoms with Crippen LogP contribution in [-0.4, -0.2) is 20.6 Å². The topological polar surface area (TPSA) is 120 Å². The van der Waals surface area contributed by atoms with Gasteiger partial charge in [0.1, 0.15) is 17.0 Å². The molecule has 0 atom stereocenters. The molecule has 4 aromatic rings. The average Bonchev–Trinajstić information content (AvgIpc) is 3.01. The summed E-state index contributed by atoms with van der Waals surface area (Å²) in [7, 11) is 0. The molecule has 1 amide bonds. The number of aryl methyl sites for hydroxylation is 2. The predicted octanol–water partition coefficient (Wildman–Crippen LogP) is 4.12. The van der Waals surface area contributed by atoms with E-state index >= 15 is 0 Å². The Morgan fingerprint density at radius 1 is 1.16 bits per heavy atom. The summed E-state index contributed by atoms with van der Waals surface area (Å²) in [6, 6.07) is 13.5. The van der Waals surface area contributed by atoms with Gasteiger partial charge in [-0.3, -0.25) is 19.6 Å². The third kappa shape index (κ3) is 3.87. The molecule has 0 aliphatic heterocycles. The third-order valence-corrected chi connectivity index (χ3v) is 5.32. The predicted molar refractivity (Wildman–Crippen MR) is 119 cm³/mol. The molecular weight excluding hydrogens is 412 g/mol. The van der Waals surface area contributed by atoms with Crippen molar-refractivity contribution in [2.24, 2.45) is 0 Å². The largest absolute Gasteiger partial charge is 0.423 e. The van der Waals surface area contributed by atoms with Crippen molar-refractivity contribution in [1.29, 1.82) is 0 Å². The maximum absolute atomic E-state index is 13.0. The van der Waals surface area contributed by atoms with Crippen LogP contribution >= 0.6 is 0 Å². The lowest BCUT2D eigenvalue weighted by Crippen LogP contribution is -2.16. The highest BCUT2D eigenvalue weighted by molar-refractivity contribution is 6.06. The molecule has 0 unspecified atom stereocenters. The second-order valence-electron chi connectivity index (χ2n) is 7.50. The Morgan fingerprint density at radius 3 is 2.62 bits per heavy atom. The lowest BCUT2D eigenvalue weighted by Gasteiger charge is -2.12. The fraction of sp³-hybridized carbons (Fsp3) is 0.174. The molecule has 0 saturated heterocycles. The van der Waals surface area contributed by atoms with Crippen LogP contribution in [0, 0.1) is 30.9 Å². The van der Waals surface area contributed by atoms with Gasteiger partial charge in [0, 0.05) is 28.8 Å². The summed E-state index contributed by atoms with van der Waals surface area (Å²) in [5.74, 6) is -0.356. The van der Waals surface area contributed by atoms with E-state index in [0.29, 0.717) is 33.8 Å². The molecule has 0 aliphatic rings. The summed E-state index contributed by atoms with van der Waals surface area (Å²) >= 11 is 0. The number of rotatable bonds is 5. The first kappa shape index (κ1) is 21.0. The van der Waals surface area contributed by atoms with Crippen molar-refractivity contribution >= 4 is 28.3 Å². The maximum atomic E-state index is 13.0. The first-order valence-electron chi connectivity index (χ1n) is 9.86. The third-order valence-electron chi connectivity index (χ3n) is 5.32. The molecule has 0 radical (unpaired) electrons. The molecule has 4 rings (SSSR count). The highest BCUT2D eigenvalue weighted by atomic mass is 16.6. The van der Waals surface area contributed by atoms with Crippen LogP contribution < -0.4 is 10.9 Å². The summed E-state index contributed by atoms with van der Waals surface area (Å²) in [6.07, 6.45) is 0. The molecule has 1 N–H and O–H groups in total. The van der Waals surface area contributed by atoms with Crippen molar-refractivity contribution in [2.45, 2.75) is 27.3 Å². The van der Waals surface area contributed by atoms with Gasteiger partial charge >= 0.3 is 11.3 Å². The van der Waals surface area contributed by atoms with Crippen molar-refractivity contribution in [3.8, 4) is 0 Å². The fourth-order valence-electron chi connectivity index (χ4n) is 3.75. The van der Waals surface area contributed by atoms with Gasteiger partial charge < -0.3 is 9.73 Å². The van der Waals surface area contributed by atoms with Gasteiger partial charge in [-0.25, -0.2) is 4.79 Å². The van der Waals surface area contributed by atoms with Crippen molar-refractivity contribution in [3.05, 3.63) is 97.1 Å². The van der Waals surface area contributed by atoms with E-state index < -0.39 is 10.5 Å². The van der Waals surface area contributed by atoms with E-state index in [2.05, 4.69) is 10.4 Å². The smallest absolute Gasteiger partial charge is 0.336 e. The van der Waals surface area contributed by atoms with Crippen LogP contribution in [0.25, 0.3) is 11.0 Å². The second kappa shape index (κ2) is 8.10. The Hall–Kier alpha value is -4.27. The molecular formula is C23H20N4O5. The SMILES string of the molecule is Cc1nn(Cc2ccccc2C(=O)Nc2ccc3c(C)cc(=O)oc3c2)c(C)c1[N+](=O)[O-]. The van der Waals surface area contributed by atoms with Crippen LogP contribution in [0.15, 0.2) is 57.7 Å². The molecule has 0 bridgehead atoms.